The Kier molecular flexibility index (Phi) is 4.66. The minimum absolute atomic E-state index is 0.309. The molecule has 0 amide bonds. The Bertz CT molecular complexity index is 246. The Morgan fingerprint density at radius 3 is 2.77 bits per heavy atom. The Morgan fingerprint density at radius 2 is 2.23 bits per heavy atom. The normalized spacial score (nSPS) is 10.8. The van der Waals surface area contributed by atoms with Crippen LogP contribution in [-0.4, -0.2) is 17.7 Å². The van der Waals surface area contributed by atoms with Crippen molar-refractivity contribution in [1.82, 2.24) is 4.98 Å². The number of ether oxygens (including phenoxy) is 1. The summed E-state index contributed by atoms with van der Waals surface area (Å²) in [4.78, 5) is 4.29. The highest BCUT2D eigenvalue weighted by molar-refractivity contribution is 14.1. The van der Waals surface area contributed by atoms with E-state index in [0.717, 1.165) is 18.7 Å². The fourth-order valence-electron chi connectivity index (χ4n) is 0.954. The first kappa shape index (κ1) is 10.9. The molecule has 0 aliphatic carbocycles. The molecule has 1 aromatic rings. The molecule has 72 valence electrons. The molecule has 0 unspecified atom stereocenters. The van der Waals surface area contributed by atoms with Crippen LogP contribution in [0.1, 0.15) is 19.5 Å². The molecule has 0 atom stereocenters. The zero-order valence-electron chi connectivity index (χ0n) is 7.96. The van der Waals surface area contributed by atoms with Crippen LogP contribution >= 0.6 is 22.6 Å². The molecule has 0 aromatic carbocycles. The average Bonchev–Trinajstić information content (AvgIpc) is 2.08. The first-order valence-electron chi connectivity index (χ1n) is 4.40. The van der Waals surface area contributed by atoms with Crippen molar-refractivity contribution in [3.8, 4) is 0 Å². The van der Waals surface area contributed by atoms with Gasteiger partial charge in [0.25, 0.3) is 0 Å². The summed E-state index contributed by atoms with van der Waals surface area (Å²) in [5, 5.41) is 0. The van der Waals surface area contributed by atoms with Crippen LogP contribution in [0.4, 0.5) is 0 Å². The third-order valence-electron chi connectivity index (χ3n) is 1.60. The monoisotopic (exact) mass is 291 g/mol. The number of nitrogens with zero attached hydrogens (tertiary/aromatic N) is 1. The molecule has 1 heterocycles. The minimum Gasteiger partial charge on any atom is -0.378 e. The molecule has 0 N–H and O–H groups in total. The SMILES string of the molecule is CC(C)OCCc1ccc(I)cn1. The summed E-state index contributed by atoms with van der Waals surface area (Å²) in [5.41, 5.74) is 1.10. The van der Waals surface area contributed by atoms with E-state index in [-0.39, 0.29) is 0 Å². The van der Waals surface area contributed by atoms with Gasteiger partial charge in [-0.25, -0.2) is 0 Å². The third kappa shape index (κ3) is 4.57. The van der Waals surface area contributed by atoms with Crippen molar-refractivity contribution in [2.75, 3.05) is 6.61 Å². The van der Waals surface area contributed by atoms with Gasteiger partial charge in [0.2, 0.25) is 0 Å². The summed E-state index contributed by atoms with van der Waals surface area (Å²) < 4.78 is 6.61. The Morgan fingerprint density at radius 1 is 1.46 bits per heavy atom. The van der Waals surface area contributed by atoms with Gasteiger partial charge in [-0.05, 0) is 48.6 Å². The Labute approximate surface area is 92.9 Å². The molecular formula is C10H14INO. The van der Waals surface area contributed by atoms with Gasteiger partial charge in [0.05, 0.1) is 12.7 Å². The lowest BCUT2D eigenvalue weighted by molar-refractivity contribution is 0.0809. The van der Waals surface area contributed by atoms with Crippen molar-refractivity contribution in [3.63, 3.8) is 0 Å². The van der Waals surface area contributed by atoms with Gasteiger partial charge in [0.1, 0.15) is 0 Å². The van der Waals surface area contributed by atoms with Crippen LogP contribution < -0.4 is 0 Å². The molecule has 0 radical (unpaired) electrons. The van der Waals surface area contributed by atoms with E-state index in [1.54, 1.807) is 0 Å². The van der Waals surface area contributed by atoms with Crippen LogP contribution in [0, 0.1) is 3.57 Å². The third-order valence-corrected chi connectivity index (χ3v) is 2.24. The van der Waals surface area contributed by atoms with Crippen molar-refractivity contribution in [1.29, 1.82) is 0 Å². The number of rotatable bonds is 4. The standard InChI is InChI=1S/C10H14INO/c1-8(2)13-6-5-10-4-3-9(11)7-12-10/h3-4,7-8H,5-6H2,1-2H3. The maximum absolute atomic E-state index is 5.43. The molecule has 0 fully saturated rings. The van der Waals surface area contributed by atoms with E-state index >= 15 is 0 Å². The van der Waals surface area contributed by atoms with Gasteiger partial charge in [0.15, 0.2) is 0 Å². The summed E-state index contributed by atoms with van der Waals surface area (Å²) in [5.74, 6) is 0. The predicted molar refractivity (Wildman–Crippen MR) is 61.7 cm³/mol. The molecule has 13 heavy (non-hydrogen) atoms. The van der Waals surface area contributed by atoms with Crippen LogP contribution in [0.25, 0.3) is 0 Å². The summed E-state index contributed by atoms with van der Waals surface area (Å²) in [6.45, 7) is 4.84. The maximum Gasteiger partial charge on any atom is 0.0525 e. The fourth-order valence-corrected chi connectivity index (χ4v) is 1.27. The summed E-state index contributed by atoms with van der Waals surface area (Å²) in [6, 6.07) is 4.11. The highest BCUT2D eigenvalue weighted by Crippen LogP contribution is 2.04. The van der Waals surface area contributed by atoms with E-state index in [1.807, 2.05) is 26.1 Å². The molecule has 0 spiro atoms. The first-order valence-corrected chi connectivity index (χ1v) is 5.48. The highest BCUT2D eigenvalue weighted by Gasteiger charge is 1.96. The van der Waals surface area contributed by atoms with Crippen molar-refractivity contribution in [2.45, 2.75) is 26.4 Å². The zero-order valence-corrected chi connectivity index (χ0v) is 10.1. The average molecular weight is 291 g/mol. The van der Waals surface area contributed by atoms with Gasteiger partial charge in [-0.3, -0.25) is 4.98 Å². The Hall–Kier alpha value is -0.160. The van der Waals surface area contributed by atoms with Crippen LogP contribution in [0.2, 0.25) is 0 Å². The molecular weight excluding hydrogens is 277 g/mol. The second kappa shape index (κ2) is 5.54. The first-order chi connectivity index (χ1) is 6.18. The number of aromatic nitrogens is 1. The summed E-state index contributed by atoms with van der Waals surface area (Å²) in [6.07, 6.45) is 3.09. The van der Waals surface area contributed by atoms with Crippen molar-refractivity contribution >= 4 is 22.6 Å². The van der Waals surface area contributed by atoms with Gasteiger partial charge in [0, 0.05) is 21.9 Å². The second-order valence-corrected chi connectivity index (χ2v) is 4.38. The molecule has 0 bridgehead atoms. The molecule has 2 nitrogen and oxygen atoms in total. The van der Waals surface area contributed by atoms with E-state index in [0.29, 0.717) is 6.10 Å². The minimum atomic E-state index is 0.309. The van der Waals surface area contributed by atoms with E-state index < -0.39 is 0 Å². The number of hydrogen-bond donors (Lipinski definition) is 0. The maximum atomic E-state index is 5.43. The van der Waals surface area contributed by atoms with Gasteiger partial charge in [-0.1, -0.05) is 0 Å². The number of pyridine rings is 1. The lowest BCUT2D eigenvalue weighted by atomic mass is 10.3. The van der Waals surface area contributed by atoms with Gasteiger partial charge in [-0.15, -0.1) is 0 Å². The number of halogens is 1. The van der Waals surface area contributed by atoms with Crippen LogP contribution in [0.5, 0.6) is 0 Å². The van der Waals surface area contributed by atoms with E-state index in [9.17, 15) is 0 Å². The van der Waals surface area contributed by atoms with E-state index in [2.05, 4.69) is 33.6 Å². The van der Waals surface area contributed by atoms with Crippen LogP contribution in [0.15, 0.2) is 18.3 Å². The summed E-state index contributed by atoms with van der Waals surface area (Å²) >= 11 is 2.25. The van der Waals surface area contributed by atoms with Crippen molar-refractivity contribution in [3.05, 3.63) is 27.6 Å². The molecule has 3 heteroatoms. The predicted octanol–water partition coefficient (Wildman–Crippen LogP) is 2.65. The Balaban J connectivity index is 2.33. The van der Waals surface area contributed by atoms with Gasteiger partial charge < -0.3 is 4.74 Å². The van der Waals surface area contributed by atoms with Gasteiger partial charge >= 0.3 is 0 Å². The number of hydrogen-bond acceptors (Lipinski definition) is 2. The van der Waals surface area contributed by atoms with E-state index in [1.165, 1.54) is 3.57 Å². The molecule has 0 aliphatic heterocycles. The molecule has 1 aromatic heterocycles. The fraction of sp³-hybridized carbons (Fsp3) is 0.500. The lowest BCUT2D eigenvalue weighted by Crippen LogP contribution is -2.06. The van der Waals surface area contributed by atoms with E-state index in [4.69, 9.17) is 4.74 Å². The second-order valence-electron chi connectivity index (χ2n) is 3.14. The molecule has 0 aliphatic rings. The smallest absolute Gasteiger partial charge is 0.0525 e. The topological polar surface area (TPSA) is 22.1 Å². The molecule has 1 rings (SSSR count). The molecule has 0 saturated carbocycles. The largest absolute Gasteiger partial charge is 0.378 e. The lowest BCUT2D eigenvalue weighted by Gasteiger charge is -2.06. The zero-order chi connectivity index (χ0) is 9.68. The summed E-state index contributed by atoms with van der Waals surface area (Å²) in [7, 11) is 0. The quantitative estimate of drug-likeness (QED) is 0.796. The van der Waals surface area contributed by atoms with Gasteiger partial charge in [-0.2, -0.15) is 0 Å². The van der Waals surface area contributed by atoms with Crippen LogP contribution in [0.3, 0.4) is 0 Å². The van der Waals surface area contributed by atoms with Crippen molar-refractivity contribution < 1.29 is 4.74 Å². The highest BCUT2D eigenvalue weighted by atomic mass is 127. The van der Waals surface area contributed by atoms with Crippen LogP contribution in [-0.2, 0) is 11.2 Å². The molecule has 0 saturated heterocycles. The van der Waals surface area contributed by atoms with Crippen molar-refractivity contribution in [2.24, 2.45) is 0 Å².